The molecule has 0 bridgehead atoms. The normalized spacial score (nSPS) is 14.4. The summed E-state index contributed by atoms with van der Waals surface area (Å²) in [6, 6.07) is 6.51. The Labute approximate surface area is 101 Å². The van der Waals surface area contributed by atoms with Gasteiger partial charge in [0.1, 0.15) is 6.10 Å². The number of aliphatic hydroxyl groups excluding tert-OH is 3. The van der Waals surface area contributed by atoms with Crippen LogP contribution >= 0.6 is 0 Å². The minimum atomic E-state index is -1.03. The number of carbonyl (C=O) groups is 1. The van der Waals surface area contributed by atoms with E-state index in [0.717, 1.165) is 0 Å². The topological polar surface area (TPSA) is 77.8 Å². The molecule has 4 nitrogen and oxygen atoms in total. The first kappa shape index (κ1) is 13.8. The molecule has 0 spiro atoms. The molecular weight excluding hydrogens is 220 g/mol. The van der Waals surface area contributed by atoms with Crippen molar-refractivity contribution < 1.29 is 20.1 Å². The van der Waals surface area contributed by atoms with E-state index in [1.807, 2.05) is 0 Å². The van der Waals surface area contributed by atoms with Gasteiger partial charge in [0.15, 0.2) is 5.78 Å². The molecule has 0 fully saturated rings. The predicted molar refractivity (Wildman–Crippen MR) is 63.7 cm³/mol. The minimum absolute atomic E-state index is 0.0435. The third-order valence-corrected chi connectivity index (χ3v) is 2.68. The van der Waals surface area contributed by atoms with E-state index >= 15 is 0 Å². The third kappa shape index (κ3) is 3.63. The van der Waals surface area contributed by atoms with Crippen molar-refractivity contribution in [1.29, 1.82) is 0 Å². The third-order valence-electron chi connectivity index (χ3n) is 2.68. The smallest absolute Gasteiger partial charge is 0.162 e. The van der Waals surface area contributed by atoms with Gasteiger partial charge in [0, 0.05) is 18.6 Å². The quantitative estimate of drug-likeness (QED) is 0.647. The van der Waals surface area contributed by atoms with Crippen molar-refractivity contribution in [3.8, 4) is 0 Å². The molecule has 0 radical (unpaired) electrons. The van der Waals surface area contributed by atoms with Crippen LogP contribution in [0.3, 0.4) is 0 Å². The van der Waals surface area contributed by atoms with Crippen LogP contribution in [0.2, 0.25) is 0 Å². The van der Waals surface area contributed by atoms with E-state index in [0.29, 0.717) is 17.5 Å². The van der Waals surface area contributed by atoms with Crippen molar-refractivity contribution in [3.05, 3.63) is 35.4 Å². The number of benzene rings is 1. The molecule has 1 aromatic rings. The fourth-order valence-corrected chi connectivity index (χ4v) is 1.58. The predicted octanol–water partition coefficient (Wildman–Crippen LogP) is 1.06. The Morgan fingerprint density at radius 2 is 1.82 bits per heavy atom. The molecule has 0 saturated heterocycles. The maximum absolute atomic E-state index is 11.4. The summed E-state index contributed by atoms with van der Waals surface area (Å²) in [7, 11) is 0. The molecule has 0 aliphatic rings. The molecule has 0 aliphatic heterocycles. The van der Waals surface area contributed by atoms with Crippen molar-refractivity contribution >= 4 is 5.78 Å². The first-order valence-corrected chi connectivity index (χ1v) is 5.70. The number of carbonyl (C=O) groups excluding carboxylic acids is 1. The van der Waals surface area contributed by atoms with E-state index in [1.54, 1.807) is 31.2 Å². The summed E-state index contributed by atoms with van der Waals surface area (Å²) < 4.78 is 0. The van der Waals surface area contributed by atoms with E-state index in [2.05, 4.69) is 0 Å². The van der Waals surface area contributed by atoms with Crippen LogP contribution in [-0.4, -0.2) is 33.8 Å². The van der Waals surface area contributed by atoms with Crippen LogP contribution in [0, 0.1) is 0 Å². The molecule has 2 unspecified atom stereocenters. The van der Waals surface area contributed by atoms with Crippen LogP contribution in [0.5, 0.6) is 0 Å². The zero-order chi connectivity index (χ0) is 12.8. The minimum Gasteiger partial charge on any atom is -0.396 e. The molecule has 0 aliphatic carbocycles. The molecule has 17 heavy (non-hydrogen) atoms. The van der Waals surface area contributed by atoms with Crippen molar-refractivity contribution in [3.63, 3.8) is 0 Å². The number of hydrogen-bond acceptors (Lipinski definition) is 4. The first-order chi connectivity index (χ1) is 8.10. The van der Waals surface area contributed by atoms with Crippen molar-refractivity contribution in [2.75, 3.05) is 6.61 Å². The lowest BCUT2D eigenvalue weighted by atomic mass is 9.99. The second-order valence-corrected chi connectivity index (χ2v) is 3.92. The maximum Gasteiger partial charge on any atom is 0.162 e. The zero-order valence-corrected chi connectivity index (χ0v) is 9.84. The van der Waals surface area contributed by atoms with Crippen molar-refractivity contribution in [1.82, 2.24) is 0 Å². The monoisotopic (exact) mass is 238 g/mol. The standard InChI is InChI=1S/C13H18O4/c1-2-11(15)9-3-5-10(6-4-9)13(17)12(16)7-8-14/h3-6,12-14,16-17H,2,7-8H2,1H3. The summed E-state index contributed by atoms with van der Waals surface area (Å²) in [6.45, 7) is 1.61. The number of ketones is 1. The molecule has 94 valence electrons. The summed E-state index contributed by atoms with van der Waals surface area (Å²) in [4.78, 5) is 11.4. The van der Waals surface area contributed by atoms with Crippen molar-refractivity contribution in [2.45, 2.75) is 32.0 Å². The van der Waals surface area contributed by atoms with Crippen LogP contribution in [0.15, 0.2) is 24.3 Å². The SMILES string of the molecule is CCC(=O)c1ccc(C(O)C(O)CCO)cc1. The molecule has 1 rings (SSSR count). The van der Waals surface area contributed by atoms with Gasteiger partial charge in [-0.2, -0.15) is 0 Å². The van der Waals surface area contributed by atoms with Crippen LogP contribution in [0.1, 0.15) is 41.8 Å². The van der Waals surface area contributed by atoms with E-state index in [9.17, 15) is 15.0 Å². The van der Waals surface area contributed by atoms with Gasteiger partial charge in [0.25, 0.3) is 0 Å². The van der Waals surface area contributed by atoms with E-state index < -0.39 is 12.2 Å². The molecule has 3 N–H and O–H groups in total. The van der Waals surface area contributed by atoms with E-state index in [-0.39, 0.29) is 18.8 Å². The Morgan fingerprint density at radius 1 is 1.24 bits per heavy atom. The van der Waals surface area contributed by atoms with Gasteiger partial charge in [0.05, 0.1) is 6.10 Å². The summed E-state index contributed by atoms with van der Waals surface area (Å²) in [5.74, 6) is 0.0435. The summed E-state index contributed by atoms with van der Waals surface area (Å²) in [5, 5.41) is 27.9. The van der Waals surface area contributed by atoms with Gasteiger partial charge in [0.2, 0.25) is 0 Å². The first-order valence-electron chi connectivity index (χ1n) is 5.70. The van der Waals surface area contributed by atoms with Gasteiger partial charge in [-0.25, -0.2) is 0 Å². The van der Waals surface area contributed by atoms with Gasteiger partial charge < -0.3 is 15.3 Å². The number of Topliss-reactive ketones (excluding diaryl/α,β-unsaturated/α-hetero) is 1. The number of hydrogen-bond donors (Lipinski definition) is 3. The Hall–Kier alpha value is -1.23. The highest BCUT2D eigenvalue weighted by Crippen LogP contribution is 2.19. The summed E-state index contributed by atoms with van der Waals surface area (Å²) in [5.41, 5.74) is 1.14. The van der Waals surface area contributed by atoms with Gasteiger partial charge in [-0.1, -0.05) is 31.2 Å². The lowest BCUT2D eigenvalue weighted by Gasteiger charge is -2.17. The lowest BCUT2D eigenvalue weighted by molar-refractivity contribution is 0.00421. The Bertz CT molecular complexity index is 358. The second-order valence-electron chi connectivity index (χ2n) is 3.92. The second kappa shape index (κ2) is 6.49. The zero-order valence-electron chi connectivity index (χ0n) is 9.84. The average molecular weight is 238 g/mol. The van der Waals surface area contributed by atoms with Crippen LogP contribution in [-0.2, 0) is 0 Å². The van der Waals surface area contributed by atoms with E-state index in [1.165, 1.54) is 0 Å². The van der Waals surface area contributed by atoms with Gasteiger partial charge in [-0.15, -0.1) is 0 Å². The molecule has 1 aromatic carbocycles. The Morgan fingerprint density at radius 3 is 2.29 bits per heavy atom. The van der Waals surface area contributed by atoms with Crippen molar-refractivity contribution in [2.24, 2.45) is 0 Å². The maximum atomic E-state index is 11.4. The molecule has 0 amide bonds. The largest absolute Gasteiger partial charge is 0.396 e. The van der Waals surface area contributed by atoms with Gasteiger partial charge in [-0.05, 0) is 12.0 Å². The summed E-state index contributed by atoms with van der Waals surface area (Å²) >= 11 is 0. The highest BCUT2D eigenvalue weighted by molar-refractivity contribution is 5.95. The van der Waals surface area contributed by atoms with Crippen LogP contribution in [0.25, 0.3) is 0 Å². The molecule has 4 heteroatoms. The molecule has 0 aromatic heterocycles. The van der Waals surface area contributed by atoms with Crippen LogP contribution in [0.4, 0.5) is 0 Å². The molecule has 0 saturated carbocycles. The number of rotatable bonds is 6. The average Bonchev–Trinajstić information content (AvgIpc) is 2.37. The Balaban J connectivity index is 2.76. The van der Waals surface area contributed by atoms with Gasteiger partial charge >= 0.3 is 0 Å². The van der Waals surface area contributed by atoms with Crippen LogP contribution < -0.4 is 0 Å². The molecule has 2 atom stereocenters. The molecule has 0 heterocycles. The van der Waals surface area contributed by atoms with Gasteiger partial charge in [-0.3, -0.25) is 4.79 Å². The highest BCUT2D eigenvalue weighted by Gasteiger charge is 2.17. The lowest BCUT2D eigenvalue weighted by Crippen LogP contribution is -2.19. The fraction of sp³-hybridized carbons (Fsp3) is 0.462. The molecular formula is C13H18O4. The summed E-state index contributed by atoms with van der Waals surface area (Å²) in [6.07, 6.45) is -1.47. The van der Waals surface area contributed by atoms with E-state index in [4.69, 9.17) is 5.11 Å². The Kier molecular flexibility index (Phi) is 5.28. The fourth-order valence-electron chi connectivity index (χ4n) is 1.58. The number of aliphatic hydroxyl groups is 3. The highest BCUT2D eigenvalue weighted by atomic mass is 16.3.